The first-order valence-electron chi connectivity index (χ1n) is 14.0. The fraction of sp³-hybridized carbons (Fsp3) is 0.243. The van der Waals surface area contributed by atoms with Crippen LogP contribution in [0.15, 0.2) is 97.1 Å². The van der Waals surface area contributed by atoms with Crippen LogP contribution in [0, 0.1) is 0 Å². The van der Waals surface area contributed by atoms with E-state index in [0.29, 0.717) is 0 Å². The van der Waals surface area contributed by atoms with Crippen molar-refractivity contribution in [2.75, 3.05) is 0 Å². The Kier molecular flexibility index (Phi) is 7.69. The highest BCUT2D eigenvalue weighted by atomic mass is 14.4. The summed E-state index contributed by atoms with van der Waals surface area (Å²) in [6, 6.07) is 36.1. The van der Waals surface area contributed by atoms with Gasteiger partial charge in [-0.25, -0.2) is 0 Å². The van der Waals surface area contributed by atoms with E-state index in [0.717, 1.165) is 0 Å². The summed E-state index contributed by atoms with van der Waals surface area (Å²) in [5, 5.41) is 10.7. The molecule has 0 bridgehead atoms. The van der Waals surface area contributed by atoms with Crippen LogP contribution >= 0.6 is 0 Å². The third-order valence-electron chi connectivity index (χ3n) is 7.36. The number of fused-ring (bicyclic) bond motifs is 10. The van der Waals surface area contributed by atoms with Gasteiger partial charge < -0.3 is 0 Å². The van der Waals surface area contributed by atoms with E-state index in [1.165, 1.54) is 65.3 Å². The standard InChI is InChI=1S/C31H22.3C2H6/c1-31(2)27-16-14-20-12-11-19-7-5-6-10-24(19)28(20)29(27)25-15-13-23-17-21-8-3-4-9-22(21)18-26(23)30(25)31;3*1-2/h3-18H,1-2H3;3*1-2H3. The number of hydrogen-bond donors (Lipinski definition) is 0. The molecule has 0 heteroatoms. The van der Waals surface area contributed by atoms with Gasteiger partial charge in [0.15, 0.2) is 0 Å². The molecule has 0 radical (unpaired) electrons. The molecule has 188 valence electrons. The lowest BCUT2D eigenvalue weighted by atomic mass is 9.79. The Morgan fingerprint density at radius 1 is 0.459 bits per heavy atom. The molecule has 0 saturated heterocycles. The molecule has 1 aliphatic carbocycles. The maximum Gasteiger partial charge on any atom is 0.0165 e. The molecule has 0 aromatic heterocycles. The van der Waals surface area contributed by atoms with Gasteiger partial charge in [0.25, 0.3) is 0 Å². The Morgan fingerprint density at radius 2 is 1.00 bits per heavy atom. The molecule has 0 N–H and O–H groups in total. The number of hydrogen-bond acceptors (Lipinski definition) is 0. The van der Waals surface area contributed by atoms with Crippen LogP contribution < -0.4 is 0 Å². The summed E-state index contributed by atoms with van der Waals surface area (Å²) in [5.41, 5.74) is 5.67. The van der Waals surface area contributed by atoms with E-state index in [2.05, 4.69) is 111 Å². The SMILES string of the molecule is CC.CC.CC.CC1(C)c2ccc3ccc4ccccc4c3c2-c2ccc3cc4ccccc4cc3c21. The van der Waals surface area contributed by atoms with E-state index in [1.54, 1.807) is 0 Å². The molecule has 0 heterocycles. The summed E-state index contributed by atoms with van der Waals surface area (Å²) in [7, 11) is 0. The molecular formula is C37H40. The number of benzene rings is 6. The molecule has 7 rings (SSSR count). The maximum absolute atomic E-state index is 2.40. The first-order valence-corrected chi connectivity index (χ1v) is 14.0. The van der Waals surface area contributed by atoms with Crippen molar-refractivity contribution < 1.29 is 0 Å². The van der Waals surface area contributed by atoms with Crippen molar-refractivity contribution in [1.82, 2.24) is 0 Å². The van der Waals surface area contributed by atoms with Crippen LogP contribution in [0.1, 0.15) is 66.5 Å². The second-order valence-electron chi connectivity index (χ2n) is 9.41. The van der Waals surface area contributed by atoms with Crippen molar-refractivity contribution in [2.45, 2.75) is 60.8 Å². The van der Waals surface area contributed by atoms with Crippen LogP contribution in [0.4, 0.5) is 0 Å². The Morgan fingerprint density at radius 3 is 1.70 bits per heavy atom. The summed E-state index contributed by atoms with van der Waals surface area (Å²) in [6.45, 7) is 16.8. The first-order chi connectivity index (χ1) is 18.1. The van der Waals surface area contributed by atoms with Crippen molar-refractivity contribution in [3.8, 4) is 11.1 Å². The van der Waals surface area contributed by atoms with E-state index in [9.17, 15) is 0 Å². The quantitative estimate of drug-likeness (QED) is 0.148. The average Bonchev–Trinajstić information content (AvgIpc) is 3.21. The molecule has 0 spiro atoms. The van der Waals surface area contributed by atoms with Crippen molar-refractivity contribution in [1.29, 1.82) is 0 Å². The lowest BCUT2D eigenvalue weighted by molar-refractivity contribution is 0.667. The minimum Gasteiger partial charge on any atom is -0.0683 e. The van der Waals surface area contributed by atoms with Gasteiger partial charge in [0.2, 0.25) is 0 Å². The van der Waals surface area contributed by atoms with Crippen molar-refractivity contribution in [3.63, 3.8) is 0 Å². The van der Waals surface area contributed by atoms with Crippen LogP contribution in [0.2, 0.25) is 0 Å². The minimum atomic E-state index is -0.0439. The molecule has 0 nitrogen and oxygen atoms in total. The smallest absolute Gasteiger partial charge is 0.0165 e. The van der Waals surface area contributed by atoms with E-state index >= 15 is 0 Å². The molecule has 0 aliphatic heterocycles. The summed E-state index contributed by atoms with van der Waals surface area (Å²) in [4.78, 5) is 0. The molecule has 0 fully saturated rings. The summed E-state index contributed by atoms with van der Waals surface area (Å²) in [6.07, 6.45) is 0. The molecule has 0 amide bonds. The van der Waals surface area contributed by atoms with Crippen LogP contribution in [-0.4, -0.2) is 0 Å². The largest absolute Gasteiger partial charge is 0.0683 e. The fourth-order valence-electron chi connectivity index (χ4n) is 5.93. The molecule has 0 saturated carbocycles. The van der Waals surface area contributed by atoms with E-state index in [4.69, 9.17) is 0 Å². The van der Waals surface area contributed by atoms with Crippen LogP contribution in [-0.2, 0) is 5.41 Å². The highest BCUT2D eigenvalue weighted by Gasteiger charge is 2.38. The summed E-state index contributed by atoms with van der Waals surface area (Å²) < 4.78 is 0. The Hall–Kier alpha value is -3.64. The number of rotatable bonds is 0. The molecule has 1 aliphatic rings. The zero-order chi connectivity index (χ0) is 26.7. The van der Waals surface area contributed by atoms with Crippen molar-refractivity contribution in [3.05, 3.63) is 108 Å². The maximum atomic E-state index is 2.40. The van der Waals surface area contributed by atoms with E-state index < -0.39 is 0 Å². The van der Waals surface area contributed by atoms with Gasteiger partial charge in [-0.3, -0.25) is 0 Å². The third-order valence-corrected chi connectivity index (χ3v) is 7.36. The second kappa shape index (κ2) is 10.8. The van der Waals surface area contributed by atoms with Crippen LogP contribution in [0.25, 0.3) is 54.2 Å². The normalized spacial score (nSPS) is 12.5. The lowest BCUT2D eigenvalue weighted by Gasteiger charge is -2.23. The van der Waals surface area contributed by atoms with Gasteiger partial charge in [0, 0.05) is 5.41 Å². The predicted octanol–water partition coefficient (Wildman–Crippen LogP) is 11.7. The van der Waals surface area contributed by atoms with Crippen molar-refractivity contribution in [2.24, 2.45) is 0 Å². The van der Waals surface area contributed by atoms with Crippen LogP contribution in [0.5, 0.6) is 0 Å². The molecule has 0 atom stereocenters. The Labute approximate surface area is 223 Å². The molecular weight excluding hydrogens is 444 g/mol. The monoisotopic (exact) mass is 484 g/mol. The lowest BCUT2D eigenvalue weighted by Crippen LogP contribution is -2.15. The predicted molar refractivity (Wildman–Crippen MR) is 168 cm³/mol. The fourth-order valence-corrected chi connectivity index (χ4v) is 5.93. The third kappa shape index (κ3) is 4.09. The highest BCUT2D eigenvalue weighted by Crippen LogP contribution is 2.54. The average molecular weight is 485 g/mol. The zero-order valence-corrected chi connectivity index (χ0v) is 23.7. The topological polar surface area (TPSA) is 0 Å². The first kappa shape index (κ1) is 26.4. The van der Waals surface area contributed by atoms with Crippen molar-refractivity contribution >= 4 is 43.1 Å². The van der Waals surface area contributed by atoms with E-state index in [1.807, 2.05) is 41.5 Å². The van der Waals surface area contributed by atoms with Gasteiger partial charge in [-0.1, -0.05) is 140 Å². The zero-order valence-electron chi connectivity index (χ0n) is 23.7. The molecule has 37 heavy (non-hydrogen) atoms. The van der Waals surface area contributed by atoms with E-state index in [-0.39, 0.29) is 5.41 Å². The summed E-state index contributed by atoms with van der Waals surface area (Å²) in [5.74, 6) is 0. The van der Waals surface area contributed by atoms with Gasteiger partial charge in [0.1, 0.15) is 0 Å². The van der Waals surface area contributed by atoms with Crippen LogP contribution in [0.3, 0.4) is 0 Å². The summed E-state index contributed by atoms with van der Waals surface area (Å²) >= 11 is 0. The van der Waals surface area contributed by atoms with Gasteiger partial charge in [-0.2, -0.15) is 0 Å². The van der Waals surface area contributed by atoms with Gasteiger partial charge in [0.05, 0.1) is 0 Å². The van der Waals surface area contributed by atoms with Gasteiger partial charge in [-0.15, -0.1) is 0 Å². The van der Waals surface area contributed by atoms with Gasteiger partial charge >= 0.3 is 0 Å². The Bertz CT molecular complexity index is 1700. The minimum absolute atomic E-state index is 0.0439. The Balaban J connectivity index is 0.000000500. The molecule has 6 aromatic carbocycles. The highest BCUT2D eigenvalue weighted by molar-refractivity contribution is 6.18. The van der Waals surface area contributed by atoms with Gasteiger partial charge in [-0.05, 0) is 77.5 Å². The molecule has 6 aromatic rings. The molecule has 0 unspecified atom stereocenters. The second-order valence-corrected chi connectivity index (χ2v) is 9.41.